The van der Waals surface area contributed by atoms with Crippen LogP contribution < -0.4 is 5.32 Å². The lowest BCUT2D eigenvalue weighted by molar-refractivity contribution is -0.128. The zero-order valence-electron chi connectivity index (χ0n) is 10.1. The average Bonchev–Trinajstić information content (AvgIpc) is 2.38. The fourth-order valence-corrected chi connectivity index (χ4v) is 2.29. The molecule has 0 radical (unpaired) electrons. The second kappa shape index (κ2) is 5.35. The van der Waals surface area contributed by atoms with Gasteiger partial charge in [-0.2, -0.15) is 0 Å². The molecular formula is C11H19N3O3. The van der Waals surface area contributed by atoms with Crippen LogP contribution in [0.5, 0.6) is 0 Å². The molecule has 6 heteroatoms. The number of nitrogens with one attached hydrogen (secondary N) is 1. The van der Waals surface area contributed by atoms with Crippen LogP contribution in [-0.2, 0) is 9.53 Å². The van der Waals surface area contributed by atoms with Gasteiger partial charge in [0.1, 0.15) is 6.04 Å². The van der Waals surface area contributed by atoms with E-state index in [0.717, 1.165) is 0 Å². The maximum absolute atomic E-state index is 12.3. The van der Waals surface area contributed by atoms with Crippen molar-refractivity contribution in [3.8, 4) is 0 Å². The van der Waals surface area contributed by atoms with Crippen molar-refractivity contribution in [2.45, 2.75) is 19.4 Å². The molecule has 6 nitrogen and oxygen atoms in total. The van der Waals surface area contributed by atoms with Gasteiger partial charge in [0.05, 0.1) is 13.2 Å². The molecule has 2 heterocycles. The van der Waals surface area contributed by atoms with Crippen LogP contribution in [0.1, 0.15) is 13.3 Å². The molecule has 2 saturated heterocycles. The molecule has 1 atom stereocenters. The Morgan fingerprint density at radius 1 is 1.41 bits per heavy atom. The summed E-state index contributed by atoms with van der Waals surface area (Å²) >= 11 is 0. The summed E-state index contributed by atoms with van der Waals surface area (Å²) in [5.41, 5.74) is 0. The van der Waals surface area contributed by atoms with Crippen LogP contribution in [-0.4, -0.2) is 67.2 Å². The summed E-state index contributed by atoms with van der Waals surface area (Å²) in [5.74, 6) is -0.0413. The van der Waals surface area contributed by atoms with E-state index in [-0.39, 0.29) is 18.0 Å². The van der Waals surface area contributed by atoms with Gasteiger partial charge in [-0.05, 0) is 6.42 Å². The monoisotopic (exact) mass is 241 g/mol. The number of rotatable bonds is 1. The quantitative estimate of drug-likeness (QED) is 0.682. The average molecular weight is 241 g/mol. The summed E-state index contributed by atoms with van der Waals surface area (Å²) < 4.78 is 5.22. The van der Waals surface area contributed by atoms with Gasteiger partial charge in [-0.25, -0.2) is 4.79 Å². The van der Waals surface area contributed by atoms with Crippen molar-refractivity contribution in [1.29, 1.82) is 0 Å². The van der Waals surface area contributed by atoms with E-state index in [1.165, 1.54) is 0 Å². The zero-order valence-corrected chi connectivity index (χ0v) is 10.1. The molecule has 1 unspecified atom stereocenters. The largest absolute Gasteiger partial charge is 0.378 e. The minimum Gasteiger partial charge on any atom is -0.378 e. The highest BCUT2D eigenvalue weighted by Crippen LogP contribution is 2.12. The van der Waals surface area contributed by atoms with Gasteiger partial charge in [0.25, 0.3) is 0 Å². The van der Waals surface area contributed by atoms with E-state index in [0.29, 0.717) is 45.8 Å². The number of hydrogen-bond acceptors (Lipinski definition) is 3. The smallest absolute Gasteiger partial charge is 0.320 e. The summed E-state index contributed by atoms with van der Waals surface area (Å²) in [6.45, 7) is 5.48. The Bertz CT molecular complexity index is 302. The topological polar surface area (TPSA) is 61.9 Å². The number of nitrogens with zero attached hydrogens (tertiary/aromatic N) is 2. The lowest BCUT2D eigenvalue weighted by atomic mass is 10.1. The zero-order chi connectivity index (χ0) is 12.3. The molecule has 0 aromatic heterocycles. The highest BCUT2D eigenvalue weighted by molar-refractivity contribution is 5.88. The minimum atomic E-state index is -0.320. The van der Waals surface area contributed by atoms with Crippen molar-refractivity contribution in [2.75, 3.05) is 39.4 Å². The second-order valence-corrected chi connectivity index (χ2v) is 4.29. The highest BCUT2D eigenvalue weighted by atomic mass is 16.5. The van der Waals surface area contributed by atoms with Gasteiger partial charge in [0.2, 0.25) is 5.91 Å². The molecule has 0 aromatic carbocycles. The van der Waals surface area contributed by atoms with Crippen LogP contribution in [0.4, 0.5) is 4.79 Å². The van der Waals surface area contributed by atoms with E-state index in [1.54, 1.807) is 9.80 Å². The van der Waals surface area contributed by atoms with E-state index in [2.05, 4.69) is 5.32 Å². The van der Waals surface area contributed by atoms with E-state index < -0.39 is 0 Å². The molecular weight excluding hydrogens is 222 g/mol. The predicted molar refractivity (Wildman–Crippen MR) is 61.6 cm³/mol. The molecule has 17 heavy (non-hydrogen) atoms. The van der Waals surface area contributed by atoms with Gasteiger partial charge in [-0.3, -0.25) is 4.79 Å². The molecule has 0 spiro atoms. The number of carbonyl (C=O) groups is 2. The van der Waals surface area contributed by atoms with Crippen LogP contribution in [0.3, 0.4) is 0 Å². The Morgan fingerprint density at radius 2 is 2.12 bits per heavy atom. The van der Waals surface area contributed by atoms with Gasteiger partial charge in [0, 0.05) is 26.2 Å². The van der Waals surface area contributed by atoms with Crippen molar-refractivity contribution >= 4 is 11.9 Å². The molecule has 0 aromatic rings. The third kappa shape index (κ3) is 2.52. The number of amides is 3. The van der Waals surface area contributed by atoms with Crippen molar-refractivity contribution < 1.29 is 14.3 Å². The summed E-state index contributed by atoms with van der Waals surface area (Å²) in [5, 5.41) is 2.79. The number of piperazine rings is 1. The van der Waals surface area contributed by atoms with E-state index in [9.17, 15) is 9.59 Å². The normalized spacial score (nSPS) is 25.7. The minimum absolute atomic E-state index is 0.0324. The van der Waals surface area contributed by atoms with Gasteiger partial charge in [0.15, 0.2) is 0 Å². The number of ether oxygens (including phenoxy) is 1. The van der Waals surface area contributed by atoms with Crippen LogP contribution in [0.15, 0.2) is 0 Å². The van der Waals surface area contributed by atoms with Crippen LogP contribution >= 0.6 is 0 Å². The third-order valence-electron chi connectivity index (χ3n) is 3.24. The Balaban J connectivity index is 2.03. The first-order valence-electron chi connectivity index (χ1n) is 6.15. The van der Waals surface area contributed by atoms with E-state index in [1.807, 2.05) is 6.92 Å². The molecule has 3 amide bonds. The Morgan fingerprint density at radius 3 is 2.76 bits per heavy atom. The first-order chi connectivity index (χ1) is 8.24. The molecule has 2 rings (SSSR count). The maximum Gasteiger partial charge on any atom is 0.320 e. The molecule has 2 fully saturated rings. The van der Waals surface area contributed by atoms with E-state index in [4.69, 9.17) is 4.74 Å². The summed E-state index contributed by atoms with van der Waals surface area (Å²) in [7, 11) is 0. The molecule has 96 valence electrons. The summed E-state index contributed by atoms with van der Waals surface area (Å²) in [6, 6.07) is -0.353. The van der Waals surface area contributed by atoms with Crippen molar-refractivity contribution in [3.05, 3.63) is 0 Å². The molecule has 0 bridgehead atoms. The first-order valence-corrected chi connectivity index (χ1v) is 6.15. The SMILES string of the molecule is CCC1C(=O)NCCN1C(=O)N1CCOCC1. The van der Waals surface area contributed by atoms with Crippen molar-refractivity contribution in [2.24, 2.45) is 0 Å². The summed E-state index contributed by atoms with van der Waals surface area (Å²) in [4.78, 5) is 27.4. The molecule has 1 N–H and O–H groups in total. The standard InChI is InChI=1S/C11H19N3O3/c1-2-9-10(15)12-3-4-14(9)11(16)13-5-7-17-8-6-13/h9H,2-8H2,1H3,(H,12,15). The lowest BCUT2D eigenvalue weighted by Gasteiger charge is -2.39. The summed E-state index contributed by atoms with van der Waals surface area (Å²) in [6.07, 6.45) is 0.655. The Hall–Kier alpha value is -1.30. The third-order valence-corrected chi connectivity index (χ3v) is 3.24. The van der Waals surface area contributed by atoms with Crippen LogP contribution in [0.2, 0.25) is 0 Å². The van der Waals surface area contributed by atoms with Gasteiger partial charge < -0.3 is 19.9 Å². The van der Waals surface area contributed by atoms with Crippen molar-refractivity contribution in [1.82, 2.24) is 15.1 Å². The fraction of sp³-hybridized carbons (Fsp3) is 0.818. The predicted octanol–water partition coefficient (Wildman–Crippen LogP) is -0.351. The maximum atomic E-state index is 12.3. The number of hydrogen-bond donors (Lipinski definition) is 1. The van der Waals surface area contributed by atoms with E-state index >= 15 is 0 Å². The Kier molecular flexibility index (Phi) is 3.83. The van der Waals surface area contributed by atoms with Gasteiger partial charge in [-0.1, -0.05) is 6.92 Å². The molecule has 0 saturated carbocycles. The molecule has 2 aliphatic rings. The van der Waals surface area contributed by atoms with Gasteiger partial charge >= 0.3 is 6.03 Å². The number of urea groups is 1. The number of morpholine rings is 1. The number of carbonyl (C=O) groups excluding carboxylic acids is 2. The first kappa shape index (κ1) is 12.2. The Labute approximate surface area is 101 Å². The van der Waals surface area contributed by atoms with Crippen LogP contribution in [0.25, 0.3) is 0 Å². The van der Waals surface area contributed by atoms with Crippen LogP contribution in [0, 0.1) is 0 Å². The molecule has 2 aliphatic heterocycles. The van der Waals surface area contributed by atoms with Gasteiger partial charge in [-0.15, -0.1) is 0 Å². The highest BCUT2D eigenvalue weighted by Gasteiger charge is 2.34. The second-order valence-electron chi connectivity index (χ2n) is 4.29. The fourth-order valence-electron chi connectivity index (χ4n) is 2.29. The lowest BCUT2D eigenvalue weighted by Crippen LogP contribution is -2.60. The molecule has 0 aliphatic carbocycles. The van der Waals surface area contributed by atoms with Crippen molar-refractivity contribution in [3.63, 3.8) is 0 Å².